The van der Waals surface area contributed by atoms with Crippen LogP contribution in [0, 0.1) is 0 Å². The molecule has 11 aromatic rings. The molecule has 3 nitrogen and oxygen atoms in total. The third-order valence-electron chi connectivity index (χ3n) is 10.9. The highest BCUT2D eigenvalue weighted by molar-refractivity contribution is 6.11. The van der Waals surface area contributed by atoms with Crippen molar-refractivity contribution in [1.29, 1.82) is 0 Å². The molecular weight excluding hydrogens is 655 g/mol. The Morgan fingerprint density at radius 1 is 0.296 bits per heavy atom. The van der Waals surface area contributed by atoms with Crippen LogP contribution in [0.15, 0.2) is 200 Å². The zero-order chi connectivity index (χ0) is 35.6. The van der Waals surface area contributed by atoms with E-state index < -0.39 is 0 Å². The van der Waals surface area contributed by atoms with Crippen molar-refractivity contribution in [2.75, 3.05) is 0 Å². The van der Waals surface area contributed by atoms with E-state index in [1.165, 1.54) is 65.5 Å². The Balaban J connectivity index is 1.14. The predicted molar refractivity (Wildman–Crippen MR) is 227 cm³/mol. The molecule has 0 saturated heterocycles. The third-order valence-corrected chi connectivity index (χ3v) is 10.9. The number of hydrogen-bond acceptors (Lipinski definition) is 1. The summed E-state index contributed by atoms with van der Waals surface area (Å²) in [6.07, 6.45) is 3.98. The maximum atomic E-state index is 4.86. The highest BCUT2D eigenvalue weighted by Crippen LogP contribution is 2.39. The minimum Gasteiger partial charge on any atom is -0.309 e. The summed E-state index contributed by atoms with van der Waals surface area (Å²) >= 11 is 0. The number of rotatable bonds is 5. The van der Waals surface area contributed by atoms with Gasteiger partial charge in [0.1, 0.15) is 0 Å². The normalized spacial score (nSPS) is 11.7. The molecule has 3 heteroatoms. The summed E-state index contributed by atoms with van der Waals surface area (Å²) in [6.45, 7) is 0. The molecule has 0 N–H and O–H groups in total. The first kappa shape index (κ1) is 30.4. The van der Waals surface area contributed by atoms with Gasteiger partial charge in [-0.05, 0) is 87.6 Å². The van der Waals surface area contributed by atoms with Crippen LogP contribution < -0.4 is 0 Å². The smallest absolute Gasteiger partial charge is 0.0541 e. The van der Waals surface area contributed by atoms with Gasteiger partial charge in [0, 0.05) is 56.4 Å². The van der Waals surface area contributed by atoms with Gasteiger partial charge in [0.05, 0.1) is 22.1 Å². The summed E-state index contributed by atoms with van der Waals surface area (Å²) < 4.78 is 4.83. The van der Waals surface area contributed by atoms with Crippen LogP contribution in [0.2, 0.25) is 0 Å². The van der Waals surface area contributed by atoms with Crippen molar-refractivity contribution in [3.05, 3.63) is 200 Å². The topological polar surface area (TPSA) is 22.8 Å². The zero-order valence-electron chi connectivity index (χ0n) is 29.4. The van der Waals surface area contributed by atoms with Gasteiger partial charge in [-0.15, -0.1) is 0 Å². The molecule has 11 rings (SSSR count). The average molecular weight is 688 g/mol. The lowest BCUT2D eigenvalue weighted by Gasteiger charge is -2.16. The first-order chi connectivity index (χ1) is 26.8. The minimum absolute atomic E-state index is 1.06. The number of para-hydroxylation sites is 4. The summed E-state index contributed by atoms with van der Waals surface area (Å²) in [5, 5.41) is 7.46. The summed E-state index contributed by atoms with van der Waals surface area (Å²) in [5.41, 5.74) is 13.7. The highest BCUT2D eigenvalue weighted by atomic mass is 15.0. The molecule has 0 aliphatic heterocycles. The molecule has 0 atom stereocenters. The molecule has 0 aliphatic rings. The molecule has 0 amide bonds. The SMILES string of the molecule is c1cc(-c2cncc(-c3cc(-n4c5ccccc5c5ccccc54)cc(-n4c5ccccc5c5ccccc54)c3)c2)cc(-c2cccc3ccccc23)c1. The van der Waals surface area contributed by atoms with Gasteiger partial charge in [-0.25, -0.2) is 0 Å². The molecular formula is C51H33N3. The first-order valence-electron chi connectivity index (χ1n) is 18.4. The molecule has 0 saturated carbocycles. The van der Waals surface area contributed by atoms with E-state index in [0.717, 1.165) is 33.6 Å². The number of fused-ring (bicyclic) bond motifs is 7. The maximum Gasteiger partial charge on any atom is 0.0541 e. The lowest BCUT2D eigenvalue weighted by Crippen LogP contribution is -2.00. The van der Waals surface area contributed by atoms with E-state index in [4.69, 9.17) is 4.98 Å². The fourth-order valence-corrected chi connectivity index (χ4v) is 8.52. The van der Waals surface area contributed by atoms with Gasteiger partial charge < -0.3 is 9.13 Å². The van der Waals surface area contributed by atoms with Gasteiger partial charge in [0.15, 0.2) is 0 Å². The van der Waals surface area contributed by atoms with Crippen LogP contribution in [0.5, 0.6) is 0 Å². The number of nitrogens with zero attached hydrogens (tertiary/aromatic N) is 3. The molecule has 0 unspecified atom stereocenters. The molecule has 0 aliphatic carbocycles. The highest BCUT2D eigenvalue weighted by Gasteiger charge is 2.17. The Morgan fingerprint density at radius 3 is 1.30 bits per heavy atom. The molecule has 0 spiro atoms. The Hall–Kier alpha value is -7.23. The average Bonchev–Trinajstić information content (AvgIpc) is 3.77. The summed E-state index contributed by atoms with van der Waals surface area (Å²) in [5.74, 6) is 0. The van der Waals surface area contributed by atoms with Gasteiger partial charge in [-0.1, -0.05) is 133 Å². The van der Waals surface area contributed by atoms with Gasteiger partial charge in [-0.2, -0.15) is 0 Å². The molecule has 3 aromatic heterocycles. The minimum atomic E-state index is 1.06. The molecule has 0 bridgehead atoms. The number of hydrogen-bond donors (Lipinski definition) is 0. The van der Waals surface area contributed by atoms with Gasteiger partial charge in [-0.3, -0.25) is 4.98 Å². The molecule has 54 heavy (non-hydrogen) atoms. The molecule has 0 fully saturated rings. The van der Waals surface area contributed by atoms with Gasteiger partial charge in [0.2, 0.25) is 0 Å². The summed E-state index contributed by atoms with van der Waals surface area (Å²) in [4.78, 5) is 4.86. The largest absolute Gasteiger partial charge is 0.309 e. The number of pyridine rings is 1. The molecule has 8 aromatic carbocycles. The van der Waals surface area contributed by atoms with E-state index in [1.807, 2.05) is 12.4 Å². The van der Waals surface area contributed by atoms with E-state index in [-0.39, 0.29) is 0 Å². The Labute approximate surface area is 312 Å². The van der Waals surface area contributed by atoms with Crippen molar-refractivity contribution in [3.8, 4) is 44.8 Å². The van der Waals surface area contributed by atoms with Crippen molar-refractivity contribution < 1.29 is 0 Å². The standard InChI is InChI=1S/C51H33N3/c1-2-17-42-34(13-1)14-12-22-43(42)36-16-11-15-35(27-36)38-28-39(33-52-32-38)37-29-40(53-48-23-7-3-18-44(48)45-19-4-8-24-49(45)53)31-41(30-37)54-50-25-9-5-20-46(50)47-21-6-10-26-51(47)54/h1-33H. The summed E-state index contributed by atoms with van der Waals surface area (Å²) in [7, 11) is 0. The van der Waals surface area contributed by atoms with Crippen LogP contribution in [0.4, 0.5) is 0 Å². The van der Waals surface area contributed by atoms with E-state index in [0.29, 0.717) is 0 Å². The van der Waals surface area contributed by atoms with Gasteiger partial charge in [0.25, 0.3) is 0 Å². The zero-order valence-corrected chi connectivity index (χ0v) is 29.4. The number of benzene rings is 8. The number of aromatic nitrogens is 3. The first-order valence-corrected chi connectivity index (χ1v) is 18.4. The van der Waals surface area contributed by atoms with Crippen molar-refractivity contribution in [3.63, 3.8) is 0 Å². The van der Waals surface area contributed by atoms with Gasteiger partial charge >= 0.3 is 0 Å². The Morgan fingerprint density at radius 2 is 0.722 bits per heavy atom. The molecule has 0 radical (unpaired) electrons. The van der Waals surface area contributed by atoms with Crippen LogP contribution in [0.25, 0.3) is 99.1 Å². The van der Waals surface area contributed by atoms with E-state index >= 15 is 0 Å². The fourth-order valence-electron chi connectivity index (χ4n) is 8.52. The van der Waals surface area contributed by atoms with Crippen LogP contribution in [-0.2, 0) is 0 Å². The maximum absolute atomic E-state index is 4.86. The van der Waals surface area contributed by atoms with Crippen LogP contribution in [-0.4, -0.2) is 14.1 Å². The van der Waals surface area contributed by atoms with Crippen LogP contribution >= 0.6 is 0 Å². The second-order valence-electron chi connectivity index (χ2n) is 14.0. The predicted octanol–water partition coefficient (Wildman–Crippen LogP) is 13.4. The lowest BCUT2D eigenvalue weighted by molar-refractivity contribution is 1.13. The van der Waals surface area contributed by atoms with Crippen molar-refractivity contribution in [2.24, 2.45) is 0 Å². The van der Waals surface area contributed by atoms with E-state index in [1.54, 1.807) is 0 Å². The second-order valence-corrected chi connectivity index (χ2v) is 14.0. The quantitative estimate of drug-likeness (QED) is 0.177. The van der Waals surface area contributed by atoms with Crippen molar-refractivity contribution in [2.45, 2.75) is 0 Å². The van der Waals surface area contributed by atoms with Crippen molar-refractivity contribution in [1.82, 2.24) is 14.1 Å². The van der Waals surface area contributed by atoms with E-state index in [9.17, 15) is 0 Å². The molecule has 3 heterocycles. The van der Waals surface area contributed by atoms with Crippen LogP contribution in [0.3, 0.4) is 0 Å². The second kappa shape index (κ2) is 12.2. The third kappa shape index (κ3) is 4.79. The fraction of sp³-hybridized carbons (Fsp3) is 0. The Kier molecular flexibility index (Phi) is 6.86. The molecule has 252 valence electrons. The Bertz CT molecular complexity index is 2990. The lowest BCUT2D eigenvalue weighted by atomic mass is 9.95. The van der Waals surface area contributed by atoms with E-state index in [2.05, 4.69) is 197 Å². The van der Waals surface area contributed by atoms with Crippen molar-refractivity contribution >= 4 is 54.4 Å². The monoisotopic (exact) mass is 687 g/mol. The summed E-state index contributed by atoms with van der Waals surface area (Å²) in [6, 6.07) is 68.1. The van der Waals surface area contributed by atoms with Crippen LogP contribution in [0.1, 0.15) is 0 Å².